The number of hydrogen-bond donors (Lipinski definition) is 1. The van der Waals surface area contributed by atoms with Gasteiger partial charge in [0, 0.05) is 49.6 Å². The number of nitrogens with zero attached hydrogens (tertiary/aromatic N) is 3. The Kier molecular flexibility index (Phi) is 13.9. The van der Waals surface area contributed by atoms with Crippen molar-refractivity contribution in [2.45, 2.75) is 148 Å². The maximum absolute atomic E-state index is 12.7. The number of para-hydroxylation sites is 1. The summed E-state index contributed by atoms with van der Waals surface area (Å²) in [6.45, 7) is 19.7. The van der Waals surface area contributed by atoms with Crippen molar-refractivity contribution in [3.05, 3.63) is 203 Å². The van der Waals surface area contributed by atoms with Crippen LogP contribution in [0.4, 0.5) is 0 Å². The van der Waals surface area contributed by atoms with Crippen LogP contribution < -0.4 is 0 Å². The van der Waals surface area contributed by atoms with Crippen LogP contribution in [0.1, 0.15) is 164 Å². The van der Waals surface area contributed by atoms with E-state index in [1.165, 1.54) is 0 Å². The predicted octanol–water partition coefficient (Wildman–Crippen LogP) is 19.3. The zero-order valence-electron chi connectivity index (χ0n) is 50.4. The number of rotatable bonds is 10. The second-order valence-corrected chi connectivity index (χ2v) is 24.6. The molecule has 2 fully saturated rings. The summed E-state index contributed by atoms with van der Waals surface area (Å²) in [6.07, 6.45) is 6.76. The van der Waals surface area contributed by atoms with Gasteiger partial charge in [-0.3, -0.25) is 9.55 Å². The monoisotopic (exact) mass is 1200 g/mol. The Hall–Kier alpha value is -6.35. The number of benzene rings is 7. The summed E-state index contributed by atoms with van der Waals surface area (Å²) in [5.41, 5.74) is 15.2. The van der Waals surface area contributed by atoms with Gasteiger partial charge in [0.05, 0.1) is 22.3 Å². The van der Waals surface area contributed by atoms with Crippen molar-refractivity contribution in [1.29, 1.82) is 0 Å². The van der Waals surface area contributed by atoms with E-state index < -0.39 is 23.6 Å². The summed E-state index contributed by atoms with van der Waals surface area (Å²) in [7, 11) is 0. The zero-order valence-corrected chi connectivity index (χ0v) is 48.7. The molecule has 1 N–H and O–H groups in total. The first kappa shape index (κ1) is 49.0. The maximum atomic E-state index is 12.7. The molecule has 5 heteroatoms. The van der Waals surface area contributed by atoms with Gasteiger partial charge in [0.15, 0.2) is 0 Å². The molecule has 2 aliphatic rings. The smallest absolute Gasteiger partial charge is 0.148 e. The number of phenolic OH excluding ortho intramolecular Hbond substituents is 1. The fourth-order valence-electron chi connectivity index (χ4n) is 11.6. The molecular weight excluding hydrogens is 1120 g/mol. The van der Waals surface area contributed by atoms with Gasteiger partial charge in [0.1, 0.15) is 11.6 Å². The summed E-state index contributed by atoms with van der Waals surface area (Å²) in [6, 6.07) is 58.0. The average molecular weight is 1200 g/mol. The normalized spacial score (nSPS) is 19.3. The largest absolute Gasteiger partial charge is 0.507 e. The summed E-state index contributed by atoms with van der Waals surface area (Å²) in [4.78, 5) is 10.7. The van der Waals surface area contributed by atoms with E-state index in [0.717, 1.165) is 115 Å². The van der Waals surface area contributed by atoms with Crippen molar-refractivity contribution in [1.82, 2.24) is 14.5 Å². The van der Waals surface area contributed by atoms with E-state index >= 15 is 0 Å². The molecular formula is C72H76N3OPt-. The van der Waals surface area contributed by atoms with Gasteiger partial charge in [-0.1, -0.05) is 214 Å². The van der Waals surface area contributed by atoms with Gasteiger partial charge in [0.2, 0.25) is 0 Å². The molecule has 11 rings (SSSR count). The number of aromatic hydroxyl groups is 1. The Balaban J connectivity index is 0.00000736. The number of hydrogen-bond acceptors (Lipinski definition) is 3. The molecule has 2 heterocycles. The molecule has 0 aliphatic heterocycles. The van der Waals surface area contributed by atoms with Gasteiger partial charge in [-0.15, -0.1) is 29.3 Å². The van der Waals surface area contributed by atoms with E-state index in [1.807, 2.05) is 54.7 Å². The maximum Gasteiger partial charge on any atom is 0.148 e. The molecule has 396 valence electrons. The van der Waals surface area contributed by atoms with Crippen LogP contribution in [-0.4, -0.2) is 19.6 Å². The fraction of sp³-hybridized carbons (Fsp3) is 0.333. The Bertz CT molecular complexity index is 3740. The zero-order chi connectivity index (χ0) is 56.6. The number of imidazole rings is 1. The molecule has 0 spiro atoms. The topological polar surface area (TPSA) is 50.9 Å². The van der Waals surface area contributed by atoms with Crippen LogP contribution in [0.3, 0.4) is 0 Å². The van der Waals surface area contributed by atoms with Crippen molar-refractivity contribution < 1.29 is 31.7 Å². The third-order valence-corrected chi connectivity index (χ3v) is 16.1. The summed E-state index contributed by atoms with van der Waals surface area (Å²) >= 11 is 0. The minimum Gasteiger partial charge on any atom is -0.507 e. The van der Waals surface area contributed by atoms with Gasteiger partial charge >= 0.3 is 0 Å². The van der Waals surface area contributed by atoms with Crippen LogP contribution in [0.25, 0.3) is 72.7 Å². The van der Waals surface area contributed by atoms with Crippen molar-refractivity contribution in [3.63, 3.8) is 0 Å². The van der Waals surface area contributed by atoms with E-state index in [1.54, 1.807) is 0 Å². The molecule has 2 aromatic heterocycles. The first-order valence-corrected chi connectivity index (χ1v) is 27.7. The van der Waals surface area contributed by atoms with E-state index in [-0.39, 0.29) is 43.6 Å². The van der Waals surface area contributed by atoms with E-state index in [0.29, 0.717) is 42.6 Å². The molecule has 0 radical (unpaired) electrons. The first-order chi connectivity index (χ1) is 37.9. The van der Waals surface area contributed by atoms with Gasteiger partial charge in [-0.2, -0.15) is 0 Å². The van der Waals surface area contributed by atoms with Crippen molar-refractivity contribution in [3.8, 4) is 67.5 Å². The van der Waals surface area contributed by atoms with Crippen LogP contribution in [-0.2, 0) is 43.7 Å². The van der Waals surface area contributed by atoms with Gasteiger partial charge in [-0.25, -0.2) is 4.98 Å². The van der Waals surface area contributed by atoms with Crippen molar-refractivity contribution >= 4 is 11.0 Å². The third kappa shape index (κ3) is 11.3. The molecule has 0 atom stereocenters. The molecule has 4 nitrogen and oxygen atoms in total. The molecule has 2 aliphatic carbocycles. The molecule has 77 heavy (non-hydrogen) atoms. The van der Waals surface area contributed by atoms with Gasteiger partial charge in [-0.05, 0) is 135 Å². The second kappa shape index (κ2) is 21.8. The molecule has 0 bridgehead atoms. The molecule has 0 saturated heterocycles. The van der Waals surface area contributed by atoms with Gasteiger partial charge < -0.3 is 5.11 Å². The van der Waals surface area contributed by atoms with Gasteiger partial charge in [0.25, 0.3) is 0 Å². The quantitative estimate of drug-likeness (QED) is 0.139. The van der Waals surface area contributed by atoms with E-state index in [2.05, 4.69) is 182 Å². The van der Waals surface area contributed by atoms with Crippen molar-refractivity contribution in [2.24, 2.45) is 5.92 Å². The number of pyridine rings is 1. The van der Waals surface area contributed by atoms with Crippen LogP contribution in [0.15, 0.2) is 164 Å². The van der Waals surface area contributed by atoms with Crippen LogP contribution in [0, 0.1) is 12.0 Å². The van der Waals surface area contributed by atoms with E-state index in [9.17, 15) is 10.6 Å². The first-order valence-electron chi connectivity index (χ1n) is 29.7. The molecule has 9 aromatic rings. The molecule has 0 unspecified atom stereocenters. The Morgan fingerprint density at radius 1 is 0.571 bits per heavy atom. The molecule has 2 saturated carbocycles. The Labute approximate surface area is 479 Å². The SMILES string of the molecule is [2H]C1(c2ccccc2)CCC([2H])(c2ccc(-c3ccnc(-c4[c-]c(-c5cccc6c5nc(-c5cc(C(C)(C)C)cc(C(C)(C)C)c5O)n6-c5ccc(C([2H])([2H])C6CCCC6)cc5-c5ccccc5)cc(C(C)(C)C)c4)c3)cc2)CC1.[Pt]. The predicted molar refractivity (Wildman–Crippen MR) is 319 cm³/mol. The van der Waals surface area contributed by atoms with Crippen LogP contribution in [0.2, 0.25) is 0 Å². The Morgan fingerprint density at radius 2 is 1.19 bits per heavy atom. The minimum absolute atomic E-state index is 0. The molecule has 0 amide bonds. The standard InChI is InChI=1S/C72H76N3O.Pt/c1-70(2,3)58-42-56(41-57(43-58)64-44-55(37-38-73-64)53-34-32-52(33-35-53)51-30-28-50(29-31-51)49-21-12-10-13-22-49)60-25-18-26-66-67(60)74-69(62-45-59(71(4,5)6)46-63(68(62)76)72(7,8)9)75(66)65-36-27-48(39-47-19-16-17-20-47)40-61(65)54-23-14-11-15-24-54;/h10-15,18,21-27,32-38,40,42-47,50-51,76H,16-17,19-20,28-31,39H2,1-9H3;/q-1;/i39D2,50D,51D;. The number of fused-ring (bicyclic) bond motifs is 1. The minimum atomic E-state index is -1.52. The number of phenols is 1. The fourth-order valence-corrected chi connectivity index (χ4v) is 11.6. The number of aromatic nitrogens is 3. The van der Waals surface area contributed by atoms with Crippen LogP contribution >= 0.6 is 0 Å². The Morgan fingerprint density at radius 3 is 1.84 bits per heavy atom. The average Bonchev–Trinajstić information content (AvgIpc) is 4.15. The molecule has 7 aromatic carbocycles. The summed E-state index contributed by atoms with van der Waals surface area (Å²) in [5, 5.41) is 12.7. The summed E-state index contributed by atoms with van der Waals surface area (Å²) in [5.74, 6) is -0.676. The third-order valence-electron chi connectivity index (χ3n) is 16.1. The van der Waals surface area contributed by atoms with Crippen LogP contribution in [0.5, 0.6) is 5.75 Å². The second-order valence-electron chi connectivity index (χ2n) is 24.6. The summed E-state index contributed by atoms with van der Waals surface area (Å²) < 4.78 is 40.2. The van der Waals surface area contributed by atoms with Crippen molar-refractivity contribution in [2.75, 3.05) is 0 Å². The van der Waals surface area contributed by atoms with E-state index in [4.69, 9.17) is 9.97 Å².